The molecule has 0 unspecified atom stereocenters. The topological polar surface area (TPSA) is 29.5 Å². The summed E-state index contributed by atoms with van der Waals surface area (Å²) < 4.78 is 5.33. The maximum atomic E-state index is 12.2. The van der Waals surface area contributed by atoms with E-state index in [9.17, 15) is 4.79 Å². The van der Waals surface area contributed by atoms with Gasteiger partial charge in [-0.1, -0.05) is 17.7 Å². The average molecular weight is 219 g/mol. The van der Waals surface area contributed by atoms with E-state index in [2.05, 4.69) is 0 Å². The molecule has 0 radical (unpaired) electrons. The normalized spacial score (nSPS) is 20.9. The lowest BCUT2D eigenvalue weighted by molar-refractivity contribution is 0.00359. The minimum absolute atomic E-state index is 0.111. The van der Waals surface area contributed by atoms with Gasteiger partial charge in [-0.15, -0.1) is 0 Å². The summed E-state index contributed by atoms with van der Waals surface area (Å²) >= 11 is 0. The number of amides is 1. The van der Waals surface area contributed by atoms with Crippen LogP contribution in [0, 0.1) is 6.92 Å². The Morgan fingerprint density at radius 1 is 1.50 bits per heavy atom. The van der Waals surface area contributed by atoms with Gasteiger partial charge in [-0.2, -0.15) is 0 Å². The van der Waals surface area contributed by atoms with Gasteiger partial charge >= 0.3 is 0 Å². The number of ether oxygens (including phenoxy) is 1. The van der Waals surface area contributed by atoms with Crippen molar-refractivity contribution in [1.82, 2.24) is 4.90 Å². The Morgan fingerprint density at radius 2 is 2.31 bits per heavy atom. The number of carbonyl (C=O) groups excluding carboxylic acids is 1. The Bertz CT molecular complexity index is 389. The van der Waals surface area contributed by atoms with Crippen LogP contribution in [0.4, 0.5) is 0 Å². The lowest BCUT2D eigenvalue weighted by Crippen LogP contribution is -2.47. The lowest BCUT2D eigenvalue weighted by atomic mass is 10.1. The first-order valence-electron chi connectivity index (χ1n) is 5.64. The molecule has 0 N–H and O–H groups in total. The molecule has 0 bridgehead atoms. The largest absolute Gasteiger partial charge is 0.377 e. The SMILES string of the molecule is Cc1cccc(C(=O)N2CCOC[C@@H]2C)c1. The van der Waals surface area contributed by atoms with Crippen LogP contribution in [0.5, 0.6) is 0 Å². The molecule has 0 aromatic heterocycles. The third-order valence-electron chi connectivity index (χ3n) is 2.89. The van der Waals surface area contributed by atoms with Crippen molar-refractivity contribution < 1.29 is 9.53 Å². The molecule has 16 heavy (non-hydrogen) atoms. The molecule has 1 saturated heterocycles. The van der Waals surface area contributed by atoms with Crippen molar-refractivity contribution in [1.29, 1.82) is 0 Å². The fraction of sp³-hybridized carbons (Fsp3) is 0.462. The van der Waals surface area contributed by atoms with Crippen molar-refractivity contribution in [2.45, 2.75) is 19.9 Å². The van der Waals surface area contributed by atoms with E-state index in [1.165, 1.54) is 0 Å². The quantitative estimate of drug-likeness (QED) is 0.721. The second kappa shape index (κ2) is 4.66. The highest BCUT2D eigenvalue weighted by Crippen LogP contribution is 2.13. The van der Waals surface area contributed by atoms with E-state index in [0.717, 1.165) is 11.1 Å². The monoisotopic (exact) mass is 219 g/mol. The number of benzene rings is 1. The highest BCUT2D eigenvalue weighted by Gasteiger charge is 2.24. The number of rotatable bonds is 1. The Morgan fingerprint density at radius 3 is 3.00 bits per heavy atom. The van der Waals surface area contributed by atoms with E-state index in [1.807, 2.05) is 43.0 Å². The van der Waals surface area contributed by atoms with Gasteiger partial charge in [-0.25, -0.2) is 0 Å². The molecule has 1 aliphatic heterocycles. The fourth-order valence-corrected chi connectivity index (χ4v) is 1.97. The van der Waals surface area contributed by atoms with Crippen LogP contribution in [0.25, 0.3) is 0 Å². The van der Waals surface area contributed by atoms with Gasteiger partial charge < -0.3 is 9.64 Å². The molecule has 1 aliphatic rings. The number of hydrogen-bond donors (Lipinski definition) is 0. The van der Waals surface area contributed by atoms with E-state index in [0.29, 0.717) is 19.8 Å². The molecule has 3 nitrogen and oxygen atoms in total. The highest BCUT2D eigenvalue weighted by atomic mass is 16.5. The molecule has 2 rings (SSSR count). The molecule has 1 amide bonds. The second-order valence-electron chi connectivity index (χ2n) is 4.29. The molecule has 1 aromatic rings. The zero-order valence-electron chi connectivity index (χ0n) is 9.77. The molecule has 3 heteroatoms. The summed E-state index contributed by atoms with van der Waals surface area (Å²) in [4.78, 5) is 14.1. The number of nitrogens with zero attached hydrogens (tertiary/aromatic N) is 1. The van der Waals surface area contributed by atoms with Crippen molar-refractivity contribution in [3.63, 3.8) is 0 Å². The van der Waals surface area contributed by atoms with Crippen molar-refractivity contribution in [3.05, 3.63) is 35.4 Å². The number of morpholine rings is 1. The summed E-state index contributed by atoms with van der Waals surface area (Å²) in [5.74, 6) is 0.111. The van der Waals surface area contributed by atoms with Gasteiger partial charge in [0.25, 0.3) is 5.91 Å². The Kier molecular flexibility index (Phi) is 3.25. The van der Waals surface area contributed by atoms with Crippen molar-refractivity contribution >= 4 is 5.91 Å². The summed E-state index contributed by atoms with van der Waals surface area (Å²) in [6, 6.07) is 7.90. The summed E-state index contributed by atoms with van der Waals surface area (Å²) in [6.07, 6.45) is 0. The number of aryl methyl sites for hydroxylation is 1. The predicted molar refractivity (Wildman–Crippen MR) is 62.5 cm³/mol. The zero-order chi connectivity index (χ0) is 11.5. The van der Waals surface area contributed by atoms with Crippen LogP contribution in [-0.2, 0) is 4.74 Å². The van der Waals surface area contributed by atoms with E-state index >= 15 is 0 Å². The van der Waals surface area contributed by atoms with Crippen LogP contribution >= 0.6 is 0 Å². The van der Waals surface area contributed by atoms with Gasteiger partial charge in [0.1, 0.15) is 0 Å². The van der Waals surface area contributed by atoms with Crippen LogP contribution in [0.2, 0.25) is 0 Å². The van der Waals surface area contributed by atoms with Crippen LogP contribution in [0.15, 0.2) is 24.3 Å². The summed E-state index contributed by atoms with van der Waals surface area (Å²) in [7, 11) is 0. The molecular formula is C13H17NO2. The van der Waals surface area contributed by atoms with Crippen LogP contribution in [0.1, 0.15) is 22.8 Å². The first-order valence-corrected chi connectivity index (χ1v) is 5.64. The molecule has 1 fully saturated rings. The minimum Gasteiger partial charge on any atom is -0.377 e. The van der Waals surface area contributed by atoms with Gasteiger partial charge in [-0.3, -0.25) is 4.79 Å². The van der Waals surface area contributed by atoms with Gasteiger partial charge in [0.05, 0.1) is 19.3 Å². The van der Waals surface area contributed by atoms with Gasteiger partial charge in [0, 0.05) is 12.1 Å². The molecule has 0 spiro atoms. The smallest absolute Gasteiger partial charge is 0.254 e. The Labute approximate surface area is 96.0 Å². The van der Waals surface area contributed by atoms with Gasteiger partial charge in [0.15, 0.2) is 0 Å². The van der Waals surface area contributed by atoms with Crippen molar-refractivity contribution in [2.75, 3.05) is 19.8 Å². The van der Waals surface area contributed by atoms with Crippen molar-refractivity contribution in [3.8, 4) is 0 Å². The number of hydrogen-bond acceptors (Lipinski definition) is 2. The first-order chi connectivity index (χ1) is 7.68. The maximum absolute atomic E-state index is 12.2. The molecule has 0 saturated carbocycles. The molecule has 0 aliphatic carbocycles. The highest BCUT2D eigenvalue weighted by molar-refractivity contribution is 5.94. The Balaban J connectivity index is 2.17. The molecule has 86 valence electrons. The predicted octanol–water partition coefficient (Wildman–Crippen LogP) is 1.86. The molecular weight excluding hydrogens is 202 g/mol. The summed E-state index contributed by atoms with van der Waals surface area (Å²) in [6.45, 7) is 5.99. The zero-order valence-corrected chi connectivity index (χ0v) is 9.77. The van der Waals surface area contributed by atoms with Crippen LogP contribution in [0.3, 0.4) is 0 Å². The minimum atomic E-state index is 0.111. The third-order valence-corrected chi connectivity index (χ3v) is 2.89. The molecule has 1 heterocycles. The number of carbonyl (C=O) groups is 1. The van der Waals surface area contributed by atoms with Gasteiger partial charge in [0.2, 0.25) is 0 Å². The van der Waals surface area contributed by atoms with E-state index in [-0.39, 0.29) is 11.9 Å². The second-order valence-corrected chi connectivity index (χ2v) is 4.29. The first kappa shape index (κ1) is 11.1. The molecule has 1 aromatic carbocycles. The fourth-order valence-electron chi connectivity index (χ4n) is 1.97. The molecule has 1 atom stereocenters. The summed E-state index contributed by atoms with van der Waals surface area (Å²) in [5, 5.41) is 0. The third kappa shape index (κ3) is 2.25. The standard InChI is InChI=1S/C13H17NO2/c1-10-4-3-5-12(8-10)13(15)14-6-7-16-9-11(14)2/h3-5,8,11H,6-7,9H2,1-2H3/t11-/m0/s1. The average Bonchev–Trinajstić information content (AvgIpc) is 2.29. The maximum Gasteiger partial charge on any atom is 0.254 e. The summed E-state index contributed by atoms with van der Waals surface area (Å²) in [5.41, 5.74) is 1.89. The van der Waals surface area contributed by atoms with Crippen molar-refractivity contribution in [2.24, 2.45) is 0 Å². The van der Waals surface area contributed by atoms with Crippen LogP contribution in [-0.4, -0.2) is 36.6 Å². The van der Waals surface area contributed by atoms with E-state index in [1.54, 1.807) is 0 Å². The van der Waals surface area contributed by atoms with Crippen LogP contribution < -0.4 is 0 Å². The van der Waals surface area contributed by atoms with E-state index < -0.39 is 0 Å². The Hall–Kier alpha value is -1.35. The lowest BCUT2D eigenvalue weighted by Gasteiger charge is -2.33. The van der Waals surface area contributed by atoms with E-state index in [4.69, 9.17) is 4.74 Å². The van der Waals surface area contributed by atoms with Gasteiger partial charge in [-0.05, 0) is 26.0 Å².